The molecule has 2 aromatic heterocycles. The van der Waals surface area contributed by atoms with Crippen LogP contribution in [0, 0.1) is 0 Å². The van der Waals surface area contributed by atoms with E-state index in [-0.39, 0.29) is 24.2 Å². The number of alkyl halides is 3. The number of carboxylic acid groups (broad SMARTS) is 1. The number of carbonyl (C=O) groups is 3. The van der Waals surface area contributed by atoms with Crippen LogP contribution >= 0.6 is 0 Å². The van der Waals surface area contributed by atoms with E-state index in [2.05, 4.69) is 4.98 Å². The Labute approximate surface area is 185 Å². The van der Waals surface area contributed by atoms with Gasteiger partial charge in [0, 0.05) is 12.7 Å². The molecule has 2 amide bonds. The lowest BCUT2D eigenvalue weighted by molar-refractivity contribution is -0.192. The first-order valence-electron chi connectivity index (χ1n) is 9.66. The standard InChI is InChI=1S/C18H19N3O5.C2HF3O2/c22-16-10-26-18(12-21(16)14-3-1-5-19-9-14)11-20(6-8-24-13-18)17(23)15-4-2-7-25-15;3-2(4,5)1(6)7/h1-5,7,9H,6,8,10-13H2;(H,6,7). The van der Waals surface area contributed by atoms with Gasteiger partial charge in [-0.25, -0.2) is 4.79 Å². The van der Waals surface area contributed by atoms with Gasteiger partial charge >= 0.3 is 12.1 Å². The van der Waals surface area contributed by atoms with Gasteiger partial charge in [0.1, 0.15) is 12.2 Å². The highest BCUT2D eigenvalue weighted by molar-refractivity contribution is 5.95. The molecular formula is C20H20F3N3O7. The Morgan fingerprint density at radius 3 is 2.55 bits per heavy atom. The summed E-state index contributed by atoms with van der Waals surface area (Å²) in [6.45, 7) is 1.68. The smallest absolute Gasteiger partial charge is 0.475 e. The number of carboxylic acids is 1. The predicted octanol–water partition coefficient (Wildman–Crippen LogP) is 1.58. The molecule has 2 fully saturated rings. The predicted molar refractivity (Wildman–Crippen MR) is 104 cm³/mol. The summed E-state index contributed by atoms with van der Waals surface area (Å²) >= 11 is 0. The first-order valence-corrected chi connectivity index (χ1v) is 9.66. The molecule has 1 N–H and O–H groups in total. The van der Waals surface area contributed by atoms with E-state index in [1.165, 1.54) is 6.26 Å². The number of hydrogen-bond donors (Lipinski definition) is 1. The normalized spacial score (nSPS) is 21.2. The quantitative estimate of drug-likeness (QED) is 0.701. The van der Waals surface area contributed by atoms with Crippen molar-refractivity contribution < 1.29 is 46.6 Å². The molecular weight excluding hydrogens is 451 g/mol. The molecule has 2 saturated heterocycles. The Hall–Kier alpha value is -3.45. The van der Waals surface area contributed by atoms with Gasteiger partial charge in [0.25, 0.3) is 11.8 Å². The van der Waals surface area contributed by atoms with E-state index in [1.54, 1.807) is 40.4 Å². The SMILES string of the molecule is O=C(O)C(F)(F)F.O=C(c1ccco1)N1CCOCC2(C1)CN(c1cccnc1)C(=O)CO2. The molecule has 0 saturated carbocycles. The molecule has 178 valence electrons. The fourth-order valence-electron chi connectivity index (χ4n) is 3.28. The molecule has 10 nitrogen and oxygen atoms in total. The van der Waals surface area contributed by atoms with E-state index >= 15 is 0 Å². The number of hydrogen-bond acceptors (Lipinski definition) is 7. The zero-order chi connectivity index (χ0) is 24.1. The Morgan fingerprint density at radius 1 is 1.18 bits per heavy atom. The number of pyridine rings is 1. The van der Waals surface area contributed by atoms with Gasteiger partial charge in [0.05, 0.1) is 44.5 Å². The average Bonchev–Trinajstić information content (AvgIpc) is 3.25. The van der Waals surface area contributed by atoms with Crippen molar-refractivity contribution in [2.24, 2.45) is 0 Å². The Kier molecular flexibility index (Phi) is 7.33. The number of halogens is 3. The summed E-state index contributed by atoms with van der Waals surface area (Å²) in [6, 6.07) is 6.92. The summed E-state index contributed by atoms with van der Waals surface area (Å²) in [5, 5.41) is 7.12. The first-order chi connectivity index (χ1) is 15.6. The van der Waals surface area contributed by atoms with Gasteiger partial charge < -0.3 is 28.8 Å². The second kappa shape index (κ2) is 10.0. The van der Waals surface area contributed by atoms with Crippen LogP contribution in [0.5, 0.6) is 0 Å². The van der Waals surface area contributed by atoms with Gasteiger partial charge in [-0.2, -0.15) is 13.2 Å². The molecule has 1 unspecified atom stereocenters. The van der Waals surface area contributed by atoms with Crippen LogP contribution in [0.25, 0.3) is 0 Å². The maximum absolute atomic E-state index is 12.7. The van der Waals surface area contributed by atoms with Crippen molar-refractivity contribution in [3.63, 3.8) is 0 Å². The fourth-order valence-corrected chi connectivity index (χ4v) is 3.28. The first kappa shape index (κ1) is 24.2. The minimum absolute atomic E-state index is 0.0684. The zero-order valence-corrected chi connectivity index (χ0v) is 17.2. The lowest BCUT2D eigenvalue weighted by atomic mass is 10.0. The third kappa shape index (κ3) is 6.08. The van der Waals surface area contributed by atoms with Gasteiger partial charge in [-0.05, 0) is 24.3 Å². The monoisotopic (exact) mass is 471 g/mol. The highest BCUT2D eigenvalue weighted by atomic mass is 19.4. The summed E-state index contributed by atoms with van der Waals surface area (Å²) in [4.78, 5) is 41.3. The molecule has 1 atom stereocenters. The van der Waals surface area contributed by atoms with Gasteiger partial charge in [-0.1, -0.05) is 0 Å². The van der Waals surface area contributed by atoms with E-state index in [0.717, 1.165) is 0 Å². The lowest BCUT2D eigenvalue weighted by Crippen LogP contribution is -2.61. The average molecular weight is 471 g/mol. The molecule has 2 aliphatic rings. The second-order valence-electron chi connectivity index (χ2n) is 7.22. The Morgan fingerprint density at radius 2 is 1.94 bits per heavy atom. The minimum Gasteiger partial charge on any atom is -0.475 e. The summed E-state index contributed by atoms with van der Waals surface area (Å²) in [5.74, 6) is -2.84. The topological polar surface area (TPSA) is 122 Å². The molecule has 0 aromatic carbocycles. The number of aliphatic carboxylic acids is 1. The molecule has 4 heterocycles. The van der Waals surface area contributed by atoms with E-state index in [0.29, 0.717) is 38.5 Å². The van der Waals surface area contributed by atoms with Crippen LogP contribution in [-0.2, 0) is 19.1 Å². The van der Waals surface area contributed by atoms with Gasteiger partial charge in [-0.15, -0.1) is 0 Å². The number of furan rings is 1. The van der Waals surface area contributed by atoms with Crippen LogP contribution in [-0.4, -0.2) is 84.0 Å². The highest BCUT2D eigenvalue weighted by Gasteiger charge is 2.44. The van der Waals surface area contributed by atoms with Gasteiger partial charge in [-0.3, -0.25) is 14.6 Å². The van der Waals surface area contributed by atoms with E-state index in [4.69, 9.17) is 23.8 Å². The lowest BCUT2D eigenvalue weighted by Gasteiger charge is -2.42. The molecule has 0 radical (unpaired) electrons. The third-order valence-electron chi connectivity index (χ3n) is 4.82. The number of aromatic nitrogens is 1. The molecule has 4 rings (SSSR count). The summed E-state index contributed by atoms with van der Waals surface area (Å²) < 4.78 is 48.6. The molecule has 0 bridgehead atoms. The van der Waals surface area contributed by atoms with E-state index < -0.39 is 17.7 Å². The number of carbonyl (C=O) groups excluding carboxylic acids is 2. The maximum atomic E-state index is 12.7. The van der Waals surface area contributed by atoms with Crippen LogP contribution in [0.3, 0.4) is 0 Å². The van der Waals surface area contributed by atoms with Crippen molar-refractivity contribution >= 4 is 23.5 Å². The van der Waals surface area contributed by atoms with Crippen LogP contribution in [0.4, 0.5) is 18.9 Å². The van der Waals surface area contributed by atoms with E-state index in [1.807, 2.05) is 6.07 Å². The van der Waals surface area contributed by atoms with Crippen LogP contribution in [0.15, 0.2) is 47.3 Å². The van der Waals surface area contributed by atoms with Crippen molar-refractivity contribution in [1.82, 2.24) is 9.88 Å². The summed E-state index contributed by atoms with van der Waals surface area (Å²) in [5.41, 5.74) is -0.0870. The Balaban J connectivity index is 0.000000383. The van der Waals surface area contributed by atoms with Gasteiger partial charge in [0.2, 0.25) is 0 Å². The van der Waals surface area contributed by atoms with Crippen molar-refractivity contribution in [3.8, 4) is 0 Å². The van der Waals surface area contributed by atoms with Crippen molar-refractivity contribution in [3.05, 3.63) is 48.7 Å². The maximum Gasteiger partial charge on any atom is 0.490 e. The third-order valence-corrected chi connectivity index (χ3v) is 4.82. The zero-order valence-electron chi connectivity index (χ0n) is 17.2. The summed E-state index contributed by atoms with van der Waals surface area (Å²) in [6.07, 6.45) is -0.319. The number of rotatable bonds is 2. The molecule has 13 heteroatoms. The Bertz CT molecular complexity index is 969. The number of morpholine rings is 1. The number of anilines is 1. The van der Waals surface area contributed by atoms with Gasteiger partial charge in [0.15, 0.2) is 5.76 Å². The highest BCUT2D eigenvalue weighted by Crippen LogP contribution is 2.27. The number of nitrogens with zero attached hydrogens (tertiary/aromatic N) is 3. The number of amides is 2. The largest absolute Gasteiger partial charge is 0.490 e. The van der Waals surface area contributed by atoms with Crippen LogP contribution < -0.4 is 4.90 Å². The molecule has 33 heavy (non-hydrogen) atoms. The molecule has 2 aromatic rings. The summed E-state index contributed by atoms with van der Waals surface area (Å²) in [7, 11) is 0. The fraction of sp³-hybridized carbons (Fsp3) is 0.400. The second-order valence-corrected chi connectivity index (χ2v) is 7.22. The molecule has 0 aliphatic carbocycles. The van der Waals surface area contributed by atoms with Crippen LogP contribution in [0.2, 0.25) is 0 Å². The van der Waals surface area contributed by atoms with Crippen molar-refractivity contribution in [2.75, 3.05) is 44.4 Å². The van der Waals surface area contributed by atoms with Crippen molar-refractivity contribution in [2.45, 2.75) is 11.8 Å². The molecule has 1 spiro atoms. The van der Waals surface area contributed by atoms with Crippen molar-refractivity contribution in [1.29, 1.82) is 0 Å². The molecule has 2 aliphatic heterocycles. The minimum atomic E-state index is -5.08. The van der Waals surface area contributed by atoms with E-state index in [9.17, 15) is 22.8 Å². The number of ether oxygens (including phenoxy) is 2. The van der Waals surface area contributed by atoms with Crippen LogP contribution in [0.1, 0.15) is 10.6 Å².